The largest absolute Gasteiger partial charge is 0.313 e. The second-order valence-corrected chi connectivity index (χ2v) is 5.62. The molecule has 3 rings (SSSR count). The molecule has 0 N–H and O–H groups in total. The quantitative estimate of drug-likeness (QED) is 0.682. The lowest BCUT2D eigenvalue weighted by Gasteiger charge is -2.06. The van der Waals surface area contributed by atoms with E-state index in [1.54, 1.807) is 30.7 Å². The van der Waals surface area contributed by atoms with Gasteiger partial charge in [0.25, 0.3) is 0 Å². The van der Waals surface area contributed by atoms with Gasteiger partial charge in [0.1, 0.15) is 10.3 Å². The molecule has 0 radical (unpaired) electrons. The van der Waals surface area contributed by atoms with Crippen LogP contribution >= 0.6 is 23.2 Å². The normalized spacial score (nSPS) is 11.7. The van der Waals surface area contributed by atoms with Crippen LogP contribution in [0.4, 0.5) is 0 Å². The van der Waals surface area contributed by atoms with Crippen molar-refractivity contribution < 1.29 is 0 Å². The molecule has 0 aliphatic carbocycles. The van der Waals surface area contributed by atoms with Crippen LogP contribution in [0.2, 0.25) is 10.3 Å². The van der Waals surface area contributed by atoms with Crippen molar-refractivity contribution in [2.45, 2.75) is 13.1 Å². The van der Waals surface area contributed by atoms with E-state index in [4.69, 9.17) is 23.2 Å². The maximum atomic E-state index is 5.81. The smallest absolute Gasteiger partial charge is 0.225 e. The number of rotatable bonds is 4. The summed E-state index contributed by atoms with van der Waals surface area (Å²) in [6.07, 6.45) is 7.10. The third kappa shape index (κ3) is 4.37. The number of halogens is 2. The van der Waals surface area contributed by atoms with Crippen LogP contribution in [0.25, 0.3) is 0 Å². The molecule has 116 valence electrons. The topological polar surface area (TPSA) is 56.0 Å². The first-order chi connectivity index (χ1) is 11.2. The van der Waals surface area contributed by atoms with E-state index in [0.717, 1.165) is 11.1 Å². The highest BCUT2D eigenvalue weighted by Crippen LogP contribution is 2.07. The van der Waals surface area contributed by atoms with Gasteiger partial charge >= 0.3 is 0 Å². The van der Waals surface area contributed by atoms with Gasteiger partial charge in [0.15, 0.2) is 0 Å². The van der Waals surface area contributed by atoms with Crippen LogP contribution in [0.1, 0.15) is 11.1 Å². The molecule has 7 heteroatoms. The predicted octanol–water partition coefficient (Wildman–Crippen LogP) is 3.13. The average molecular weight is 346 g/mol. The Morgan fingerprint density at radius 3 is 2.26 bits per heavy atom. The Labute approximate surface area is 143 Å². The molecule has 0 saturated carbocycles. The molecule has 23 heavy (non-hydrogen) atoms. The molecule has 5 nitrogen and oxygen atoms in total. The molecule has 0 atom stereocenters. The summed E-state index contributed by atoms with van der Waals surface area (Å²) < 4.78 is 1.95. The first-order valence-corrected chi connectivity index (χ1v) is 7.69. The lowest BCUT2D eigenvalue weighted by atomic mass is 10.3. The van der Waals surface area contributed by atoms with Gasteiger partial charge in [-0.3, -0.25) is 0 Å². The van der Waals surface area contributed by atoms with Crippen LogP contribution < -0.4 is 5.62 Å². The number of hydrogen-bond donors (Lipinski definition) is 0. The van der Waals surface area contributed by atoms with Gasteiger partial charge in [0.2, 0.25) is 5.62 Å². The molecule has 3 aromatic heterocycles. The maximum absolute atomic E-state index is 5.81. The van der Waals surface area contributed by atoms with Gasteiger partial charge < -0.3 is 4.57 Å². The molecule has 0 unspecified atom stereocenters. The van der Waals surface area contributed by atoms with Crippen LogP contribution in [0.15, 0.2) is 60.1 Å². The SMILES string of the molecule is Clc1ccc(C/N=c2\ncccn2Cc2ccc(Cl)nc2)cn1. The molecule has 0 aromatic carbocycles. The molecule has 3 aromatic rings. The molecule has 0 spiro atoms. The van der Waals surface area contributed by atoms with Gasteiger partial charge in [-0.1, -0.05) is 35.3 Å². The first kappa shape index (κ1) is 15.6. The van der Waals surface area contributed by atoms with Crippen molar-refractivity contribution in [2.24, 2.45) is 4.99 Å². The highest BCUT2D eigenvalue weighted by molar-refractivity contribution is 6.29. The van der Waals surface area contributed by atoms with Gasteiger partial charge in [-0.25, -0.2) is 19.9 Å². The highest BCUT2D eigenvalue weighted by atomic mass is 35.5. The minimum absolute atomic E-state index is 0.469. The van der Waals surface area contributed by atoms with E-state index in [9.17, 15) is 0 Å². The average Bonchev–Trinajstić information content (AvgIpc) is 2.58. The molecule has 0 amide bonds. The van der Waals surface area contributed by atoms with Crippen molar-refractivity contribution in [3.63, 3.8) is 0 Å². The van der Waals surface area contributed by atoms with E-state index in [1.807, 2.05) is 29.0 Å². The summed E-state index contributed by atoms with van der Waals surface area (Å²) in [5.74, 6) is 0. The van der Waals surface area contributed by atoms with Gasteiger partial charge in [-0.15, -0.1) is 0 Å². The fourth-order valence-corrected chi connectivity index (χ4v) is 2.23. The molecule has 0 aliphatic heterocycles. The fourth-order valence-electron chi connectivity index (χ4n) is 2.01. The number of nitrogens with zero attached hydrogens (tertiary/aromatic N) is 5. The van der Waals surface area contributed by atoms with E-state index >= 15 is 0 Å². The Balaban J connectivity index is 1.83. The van der Waals surface area contributed by atoms with Gasteiger partial charge in [0, 0.05) is 24.8 Å². The summed E-state index contributed by atoms with van der Waals surface area (Å²) >= 11 is 11.6. The van der Waals surface area contributed by atoms with Crippen LogP contribution in [0.3, 0.4) is 0 Å². The lowest BCUT2D eigenvalue weighted by molar-refractivity contribution is 0.687. The van der Waals surface area contributed by atoms with Crippen LogP contribution in [-0.4, -0.2) is 19.5 Å². The van der Waals surface area contributed by atoms with E-state index in [2.05, 4.69) is 19.9 Å². The Hall–Kier alpha value is -2.24. The van der Waals surface area contributed by atoms with Crippen molar-refractivity contribution in [3.8, 4) is 0 Å². The molecule has 0 bridgehead atoms. The third-order valence-corrected chi connectivity index (χ3v) is 3.58. The fraction of sp³-hybridized carbons (Fsp3) is 0.125. The first-order valence-electron chi connectivity index (χ1n) is 6.93. The molecular weight excluding hydrogens is 333 g/mol. The summed E-state index contributed by atoms with van der Waals surface area (Å²) in [5.41, 5.74) is 2.63. The van der Waals surface area contributed by atoms with E-state index in [0.29, 0.717) is 29.0 Å². The van der Waals surface area contributed by atoms with Crippen molar-refractivity contribution in [3.05, 3.63) is 82.2 Å². The summed E-state index contributed by atoms with van der Waals surface area (Å²) in [6, 6.07) is 9.21. The van der Waals surface area contributed by atoms with Crippen LogP contribution in [0, 0.1) is 0 Å². The predicted molar refractivity (Wildman–Crippen MR) is 89.1 cm³/mol. The van der Waals surface area contributed by atoms with Crippen molar-refractivity contribution in [2.75, 3.05) is 0 Å². The highest BCUT2D eigenvalue weighted by Gasteiger charge is 1.99. The van der Waals surface area contributed by atoms with Crippen molar-refractivity contribution >= 4 is 23.2 Å². The standard InChI is InChI=1S/C16H13Cl2N5/c17-14-4-2-12(8-20-14)9-22-16-19-6-1-7-23(16)11-13-3-5-15(18)21-10-13/h1-8,10H,9,11H2/b22-16+. The maximum Gasteiger partial charge on any atom is 0.225 e. The zero-order valence-corrected chi connectivity index (χ0v) is 13.6. The van der Waals surface area contributed by atoms with Crippen LogP contribution in [0.5, 0.6) is 0 Å². The molecule has 0 fully saturated rings. The molecule has 0 aliphatic rings. The zero-order valence-electron chi connectivity index (χ0n) is 12.1. The summed E-state index contributed by atoms with van der Waals surface area (Å²) in [7, 11) is 0. The summed E-state index contributed by atoms with van der Waals surface area (Å²) in [4.78, 5) is 17.0. The van der Waals surface area contributed by atoms with E-state index < -0.39 is 0 Å². The Morgan fingerprint density at radius 2 is 1.61 bits per heavy atom. The Morgan fingerprint density at radius 1 is 0.913 bits per heavy atom. The zero-order chi connectivity index (χ0) is 16.1. The third-order valence-electron chi connectivity index (χ3n) is 3.13. The van der Waals surface area contributed by atoms with Crippen molar-refractivity contribution in [1.82, 2.24) is 19.5 Å². The summed E-state index contributed by atoms with van der Waals surface area (Å²) in [5, 5.41) is 0.946. The van der Waals surface area contributed by atoms with Gasteiger partial charge in [0.05, 0.1) is 13.1 Å². The van der Waals surface area contributed by atoms with Gasteiger partial charge in [-0.2, -0.15) is 0 Å². The number of hydrogen-bond acceptors (Lipinski definition) is 4. The molecule has 3 heterocycles. The summed E-state index contributed by atoms with van der Waals surface area (Å²) in [6.45, 7) is 1.11. The van der Waals surface area contributed by atoms with E-state index in [-0.39, 0.29) is 0 Å². The second kappa shape index (κ2) is 7.35. The number of aromatic nitrogens is 4. The van der Waals surface area contributed by atoms with Crippen molar-refractivity contribution in [1.29, 1.82) is 0 Å². The van der Waals surface area contributed by atoms with E-state index in [1.165, 1.54) is 0 Å². The second-order valence-electron chi connectivity index (χ2n) is 4.84. The van der Waals surface area contributed by atoms with Crippen LogP contribution in [-0.2, 0) is 13.1 Å². The minimum atomic E-state index is 0.469. The molecular formula is C16H13Cl2N5. The molecule has 0 saturated heterocycles. The Bertz CT molecular complexity index is 841. The monoisotopic (exact) mass is 345 g/mol. The van der Waals surface area contributed by atoms with Gasteiger partial charge in [-0.05, 0) is 29.3 Å². The minimum Gasteiger partial charge on any atom is -0.313 e. The number of pyridine rings is 2. The lowest BCUT2D eigenvalue weighted by Crippen LogP contribution is -2.24. The Kier molecular flexibility index (Phi) is 5.00.